The molecule has 1 aliphatic rings. The molecular formula is C25H24N2O3. The van der Waals surface area contributed by atoms with E-state index in [4.69, 9.17) is 4.74 Å². The van der Waals surface area contributed by atoms with Crippen LogP contribution in [0.15, 0.2) is 78.9 Å². The first-order chi connectivity index (χ1) is 14.7. The number of methoxy groups -OCH3 is 1. The van der Waals surface area contributed by atoms with Gasteiger partial charge in [-0.1, -0.05) is 48.5 Å². The van der Waals surface area contributed by atoms with Gasteiger partial charge in [-0.15, -0.1) is 0 Å². The number of nitrogens with zero attached hydrogens (tertiary/aromatic N) is 2. The summed E-state index contributed by atoms with van der Waals surface area (Å²) in [5.74, 6) is 0.630. The number of piperazine rings is 1. The molecule has 0 atom stereocenters. The van der Waals surface area contributed by atoms with E-state index in [0.717, 1.165) is 11.1 Å². The molecule has 1 aliphatic heterocycles. The summed E-state index contributed by atoms with van der Waals surface area (Å²) >= 11 is 0. The van der Waals surface area contributed by atoms with E-state index in [1.807, 2.05) is 59.5 Å². The monoisotopic (exact) mass is 400 g/mol. The van der Waals surface area contributed by atoms with Crippen LogP contribution in [0.25, 0.3) is 11.1 Å². The molecule has 3 aromatic carbocycles. The lowest BCUT2D eigenvalue weighted by molar-refractivity contribution is 0.0535. The zero-order valence-corrected chi connectivity index (χ0v) is 17.0. The van der Waals surface area contributed by atoms with Crippen molar-refractivity contribution in [2.45, 2.75) is 0 Å². The van der Waals surface area contributed by atoms with Crippen LogP contribution in [0.1, 0.15) is 20.7 Å². The first kappa shape index (κ1) is 19.7. The van der Waals surface area contributed by atoms with Gasteiger partial charge >= 0.3 is 0 Å². The van der Waals surface area contributed by atoms with Gasteiger partial charge in [0.1, 0.15) is 5.75 Å². The van der Waals surface area contributed by atoms with Gasteiger partial charge in [0, 0.05) is 37.3 Å². The third-order valence-corrected chi connectivity index (χ3v) is 5.41. The molecule has 5 heteroatoms. The summed E-state index contributed by atoms with van der Waals surface area (Å²) in [6.45, 7) is 2.08. The van der Waals surface area contributed by atoms with Crippen molar-refractivity contribution in [1.82, 2.24) is 9.80 Å². The minimum atomic E-state index is -0.0341. The summed E-state index contributed by atoms with van der Waals surface area (Å²) in [6, 6.07) is 25.0. The Kier molecular flexibility index (Phi) is 5.80. The predicted octanol–water partition coefficient (Wildman–Crippen LogP) is 3.96. The number of hydrogen-bond acceptors (Lipinski definition) is 3. The topological polar surface area (TPSA) is 49.9 Å². The van der Waals surface area contributed by atoms with Crippen LogP contribution in [0.2, 0.25) is 0 Å². The summed E-state index contributed by atoms with van der Waals surface area (Å²) in [7, 11) is 1.58. The van der Waals surface area contributed by atoms with Crippen LogP contribution in [0, 0.1) is 0 Å². The highest BCUT2D eigenvalue weighted by Gasteiger charge is 2.25. The van der Waals surface area contributed by atoms with Crippen molar-refractivity contribution in [1.29, 1.82) is 0 Å². The minimum absolute atomic E-state index is 0.00286. The number of carbonyl (C=O) groups excluding carboxylic acids is 2. The Morgan fingerprint density at radius 2 is 1.23 bits per heavy atom. The Bertz CT molecular complexity index is 1020. The molecule has 0 radical (unpaired) electrons. The maximum atomic E-state index is 12.9. The van der Waals surface area contributed by atoms with E-state index in [9.17, 15) is 9.59 Å². The van der Waals surface area contributed by atoms with Crippen LogP contribution in [-0.2, 0) is 0 Å². The van der Waals surface area contributed by atoms with Gasteiger partial charge in [0.15, 0.2) is 0 Å². The van der Waals surface area contributed by atoms with Crippen molar-refractivity contribution in [3.63, 3.8) is 0 Å². The van der Waals surface area contributed by atoms with E-state index in [1.54, 1.807) is 24.1 Å². The summed E-state index contributed by atoms with van der Waals surface area (Å²) in [5, 5.41) is 0. The Balaban J connectivity index is 1.38. The summed E-state index contributed by atoms with van der Waals surface area (Å²) in [4.78, 5) is 29.2. The fourth-order valence-corrected chi connectivity index (χ4v) is 3.67. The molecule has 0 N–H and O–H groups in total. The van der Waals surface area contributed by atoms with Gasteiger partial charge in [-0.3, -0.25) is 9.59 Å². The van der Waals surface area contributed by atoms with E-state index in [1.165, 1.54) is 0 Å². The summed E-state index contributed by atoms with van der Waals surface area (Å²) in [5.41, 5.74) is 3.48. The molecule has 4 rings (SSSR count). The largest absolute Gasteiger partial charge is 0.497 e. The Morgan fingerprint density at radius 1 is 0.667 bits per heavy atom. The molecule has 3 aromatic rings. The smallest absolute Gasteiger partial charge is 0.254 e. The van der Waals surface area contributed by atoms with Gasteiger partial charge in [-0.2, -0.15) is 0 Å². The van der Waals surface area contributed by atoms with Crippen molar-refractivity contribution in [3.05, 3.63) is 90.0 Å². The normalized spacial score (nSPS) is 13.8. The molecule has 0 aromatic heterocycles. The fourth-order valence-electron chi connectivity index (χ4n) is 3.67. The molecule has 1 fully saturated rings. The molecule has 1 saturated heterocycles. The van der Waals surface area contributed by atoms with Crippen LogP contribution >= 0.6 is 0 Å². The maximum Gasteiger partial charge on any atom is 0.254 e. The van der Waals surface area contributed by atoms with Gasteiger partial charge in [0.05, 0.1) is 7.11 Å². The Hall–Kier alpha value is -3.60. The number of hydrogen-bond donors (Lipinski definition) is 0. The zero-order valence-electron chi connectivity index (χ0n) is 17.0. The lowest BCUT2D eigenvalue weighted by Gasteiger charge is -2.35. The molecule has 30 heavy (non-hydrogen) atoms. The van der Waals surface area contributed by atoms with E-state index in [-0.39, 0.29) is 11.8 Å². The molecule has 5 nitrogen and oxygen atoms in total. The lowest BCUT2D eigenvalue weighted by Crippen LogP contribution is -2.50. The number of carbonyl (C=O) groups is 2. The highest BCUT2D eigenvalue weighted by Crippen LogP contribution is 2.21. The zero-order chi connectivity index (χ0) is 20.9. The lowest BCUT2D eigenvalue weighted by atomic mass is 10.0. The second-order valence-corrected chi connectivity index (χ2v) is 7.26. The molecule has 0 aliphatic carbocycles. The van der Waals surface area contributed by atoms with Crippen molar-refractivity contribution >= 4 is 11.8 Å². The average molecular weight is 400 g/mol. The van der Waals surface area contributed by atoms with Crippen molar-refractivity contribution < 1.29 is 14.3 Å². The second-order valence-electron chi connectivity index (χ2n) is 7.26. The highest BCUT2D eigenvalue weighted by molar-refractivity contribution is 5.96. The summed E-state index contributed by atoms with van der Waals surface area (Å²) < 4.78 is 5.20. The third-order valence-electron chi connectivity index (χ3n) is 5.41. The molecule has 0 bridgehead atoms. The van der Waals surface area contributed by atoms with Crippen molar-refractivity contribution in [2.75, 3.05) is 33.3 Å². The first-order valence-electron chi connectivity index (χ1n) is 10.0. The molecular weight excluding hydrogens is 376 g/mol. The van der Waals surface area contributed by atoms with E-state index in [0.29, 0.717) is 43.1 Å². The van der Waals surface area contributed by atoms with Crippen molar-refractivity contribution in [2.24, 2.45) is 0 Å². The maximum absolute atomic E-state index is 12.9. The van der Waals surface area contributed by atoms with Gasteiger partial charge in [-0.05, 0) is 41.5 Å². The van der Waals surface area contributed by atoms with Gasteiger partial charge < -0.3 is 14.5 Å². The van der Waals surface area contributed by atoms with Crippen molar-refractivity contribution in [3.8, 4) is 16.9 Å². The number of amides is 2. The molecule has 0 saturated carbocycles. The van der Waals surface area contributed by atoms with Crippen LogP contribution in [0.4, 0.5) is 0 Å². The van der Waals surface area contributed by atoms with E-state index < -0.39 is 0 Å². The Morgan fingerprint density at radius 3 is 1.83 bits per heavy atom. The molecule has 2 amide bonds. The van der Waals surface area contributed by atoms with E-state index in [2.05, 4.69) is 12.1 Å². The standard InChI is InChI=1S/C25H24N2O3/c1-30-23-9-5-8-22(18-23)25(29)27-16-14-26(15-17-27)24(28)21-12-10-20(11-13-21)19-6-3-2-4-7-19/h2-13,18H,14-17H2,1H3. The molecule has 152 valence electrons. The predicted molar refractivity (Wildman–Crippen MR) is 117 cm³/mol. The number of benzene rings is 3. The summed E-state index contributed by atoms with van der Waals surface area (Å²) in [6.07, 6.45) is 0. The molecule has 0 unspecified atom stereocenters. The fraction of sp³-hybridized carbons (Fsp3) is 0.200. The third kappa shape index (κ3) is 4.20. The number of ether oxygens (including phenoxy) is 1. The van der Waals surface area contributed by atoms with Crippen LogP contribution in [0.5, 0.6) is 5.75 Å². The van der Waals surface area contributed by atoms with E-state index >= 15 is 0 Å². The quantitative estimate of drug-likeness (QED) is 0.666. The average Bonchev–Trinajstić information content (AvgIpc) is 2.84. The SMILES string of the molecule is COc1cccc(C(=O)N2CCN(C(=O)c3ccc(-c4ccccc4)cc3)CC2)c1. The molecule has 1 heterocycles. The minimum Gasteiger partial charge on any atom is -0.497 e. The van der Waals surface area contributed by atoms with Gasteiger partial charge in [0.25, 0.3) is 11.8 Å². The Labute approximate surface area is 176 Å². The van der Waals surface area contributed by atoms with Crippen LogP contribution in [0.3, 0.4) is 0 Å². The van der Waals surface area contributed by atoms with Crippen LogP contribution < -0.4 is 4.74 Å². The van der Waals surface area contributed by atoms with Gasteiger partial charge in [0.2, 0.25) is 0 Å². The second kappa shape index (κ2) is 8.82. The first-order valence-corrected chi connectivity index (χ1v) is 10.0. The van der Waals surface area contributed by atoms with Gasteiger partial charge in [-0.25, -0.2) is 0 Å². The number of rotatable bonds is 4. The molecule has 0 spiro atoms. The van der Waals surface area contributed by atoms with Crippen LogP contribution in [-0.4, -0.2) is 54.9 Å². The highest BCUT2D eigenvalue weighted by atomic mass is 16.5.